The van der Waals surface area contributed by atoms with Crippen molar-refractivity contribution in [3.05, 3.63) is 83.1 Å². The molecule has 2 atom stereocenters. The maximum absolute atomic E-state index is 13.6. The highest BCUT2D eigenvalue weighted by Gasteiger charge is 2.58. The van der Waals surface area contributed by atoms with Crippen molar-refractivity contribution in [1.29, 1.82) is 0 Å². The van der Waals surface area contributed by atoms with Crippen molar-refractivity contribution >= 4 is 17.5 Å². The van der Waals surface area contributed by atoms with Crippen LogP contribution >= 0.6 is 0 Å². The first-order valence-electron chi connectivity index (χ1n) is 11.3. The van der Waals surface area contributed by atoms with Crippen LogP contribution in [0.25, 0.3) is 0 Å². The van der Waals surface area contributed by atoms with Gasteiger partial charge in [-0.05, 0) is 43.4 Å². The molecular weight excluding hydrogens is 402 g/mol. The van der Waals surface area contributed by atoms with E-state index in [1.807, 2.05) is 54.3 Å². The van der Waals surface area contributed by atoms with E-state index in [-0.39, 0.29) is 23.6 Å². The van der Waals surface area contributed by atoms with Crippen LogP contribution in [-0.4, -0.2) is 34.3 Å². The summed E-state index contributed by atoms with van der Waals surface area (Å²) >= 11 is 0. The van der Waals surface area contributed by atoms with Gasteiger partial charge in [-0.3, -0.25) is 9.59 Å². The number of carbonyl (C=O) groups excluding carboxylic acids is 2. The first-order chi connectivity index (χ1) is 15.5. The van der Waals surface area contributed by atoms with Crippen molar-refractivity contribution in [1.82, 2.24) is 9.88 Å². The quantitative estimate of drug-likeness (QED) is 0.657. The molecule has 0 aliphatic carbocycles. The second-order valence-electron chi connectivity index (χ2n) is 8.64. The van der Waals surface area contributed by atoms with Gasteiger partial charge >= 0.3 is 0 Å². The number of para-hydroxylation sites is 1. The van der Waals surface area contributed by atoms with E-state index < -0.39 is 5.41 Å². The molecule has 6 heteroatoms. The van der Waals surface area contributed by atoms with Gasteiger partial charge in [-0.15, -0.1) is 0 Å². The number of fused-ring (bicyclic) bond motifs is 2. The lowest BCUT2D eigenvalue weighted by Gasteiger charge is -2.34. The number of hydrogen-bond acceptors (Lipinski definition) is 4. The zero-order valence-corrected chi connectivity index (χ0v) is 18.4. The van der Waals surface area contributed by atoms with Crippen LogP contribution in [0.1, 0.15) is 53.0 Å². The van der Waals surface area contributed by atoms with Gasteiger partial charge in [-0.1, -0.05) is 55.5 Å². The fourth-order valence-corrected chi connectivity index (χ4v) is 5.33. The van der Waals surface area contributed by atoms with Gasteiger partial charge in [-0.25, -0.2) is 4.98 Å². The summed E-state index contributed by atoms with van der Waals surface area (Å²) in [5, 5.41) is 3.07. The maximum Gasteiger partial charge on any atom is 0.291 e. The first-order valence-corrected chi connectivity index (χ1v) is 11.3. The van der Waals surface area contributed by atoms with E-state index in [9.17, 15) is 9.59 Å². The predicted molar refractivity (Wildman–Crippen MR) is 122 cm³/mol. The van der Waals surface area contributed by atoms with Gasteiger partial charge in [0.25, 0.3) is 5.91 Å². The van der Waals surface area contributed by atoms with E-state index >= 15 is 0 Å². The molecule has 5 rings (SSSR count). The number of nitrogens with zero attached hydrogens (tertiary/aromatic N) is 2. The third kappa shape index (κ3) is 3.13. The summed E-state index contributed by atoms with van der Waals surface area (Å²) in [5.74, 6) is 0.650. The molecule has 0 bridgehead atoms. The van der Waals surface area contributed by atoms with Crippen molar-refractivity contribution in [3.8, 4) is 0 Å². The molecule has 6 nitrogen and oxygen atoms in total. The molecule has 164 valence electrons. The summed E-state index contributed by atoms with van der Waals surface area (Å²) in [6.45, 7) is 4.26. The van der Waals surface area contributed by atoms with Gasteiger partial charge in [0.05, 0.1) is 17.2 Å². The molecule has 1 aromatic heterocycles. The van der Waals surface area contributed by atoms with E-state index in [4.69, 9.17) is 4.42 Å². The van der Waals surface area contributed by atoms with E-state index in [2.05, 4.69) is 22.4 Å². The largest absolute Gasteiger partial charge is 0.435 e. The zero-order valence-electron chi connectivity index (χ0n) is 18.4. The minimum absolute atomic E-state index is 0.0180. The number of nitrogens with one attached hydrogen (secondary N) is 1. The Morgan fingerprint density at radius 3 is 2.69 bits per heavy atom. The van der Waals surface area contributed by atoms with Gasteiger partial charge in [0.15, 0.2) is 5.89 Å². The van der Waals surface area contributed by atoms with Crippen LogP contribution in [0.3, 0.4) is 0 Å². The average Bonchev–Trinajstić information content (AvgIpc) is 3.47. The van der Waals surface area contributed by atoms with Crippen LogP contribution in [0.15, 0.2) is 59.0 Å². The molecule has 2 aromatic carbocycles. The number of carbonyl (C=O) groups is 2. The number of amides is 2. The molecule has 1 N–H and O–H groups in total. The molecule has 2 aliphatic heterocycles. The van der Waals surface area contributed by atoms with Gasteiger partial charge in [0.1, 0.15) is 0 Å². The summed E-state index contributed by atoms with van der Waals surface area (Å²) in [4.78, 5) is 33.3. The van der Waals surface area contributed by atoms with Crippen LogP contribution in [0.5, 0.6) is 0 Å². The Kier molecular flexibility index (Phi) is 5.08. The Morgan fingerprint density at radius 2 is 1.94 bits per heavy atom. The van der Waals surface area contributed by atoms with E-state index in [0.717, 1.165) is 17.7 Å². The third-order valence-corrected chi connectivity index (χ3v) is 6.90. The van der Waals surface area contributed by atoms with Crippen LogP contribution in [0, 0.1) is 6.92 Å². The molecule has 0 unspecified atom stereocenters. The summed E-state index contributed by atoms with van der Waals surface area (Å²) in [5.41, 5.74) is 2.88. The monoisotopic (exact) mass is 429 g/mol. The molecule has 0 saturated carbocycles. The van der Waals surface area contributed by atoms with E-state index in [1.165, 1.54) is 5.56 Å². The molecule has 3 heterocycles. The number of hydrogen-bond donors (Lipinski definition) is 1. The fraction of sp³-hybridized carbons (Fsp3) is 0.346. The standard InChI is InChI=1S/C26H27N3O3/c1-3-22-27-17(2)23(32-22)24(30)29-16-15-26(19-11-7-8-12-20(19)28-25(26)31)21(29)14-13-18-9-5-4-6-10-18/h4-12,21H,3,13-16H2,1-2H3,(H,28,31)/t21-,26+/m0/s1. The highest BCUT2D eigenvalue weighted by Crippen LogP contribution is 2.49. The van der Waals surface area contributed by atoms with Crippen LogP contribution in [0.2, 0.25) is 0 Å². The highest BCUT2D eigenvalue weighted by atomic mass is 16.4. The Bertz CT molecular complexity index is 1170. The second-order valence-corrected chi connectivity index (χ2v) is 8.64. The Morgan fingerprint density at radius 1 is 1.19 bits per heavy atom. The second kappa shape index (κ2) is 7.93. The van der Waals surface area contributed by atoms with Crippen LogP contribution in [0.4, 0.5) is 5.69 Å². The summed E-state index contributed by atoms with van der Waals surface area (Å²) in [7, 11) is 0. The van der Waals surface area contributed by atoms with Gasteiger partial charge in [0, 0.05) is 18.7 Å². The molecule has 3 aromatic rings. The minimum Gasteiger partial charge on any atom is -0.435 e. The molecule has 2 amide bonds. The number of benzene rings is 2. The van der Waals surface area contributed by atoms with Crippen LogP contribution < -0.4 is 5.32 Å². The number of likely N-dealkylation sites (tertiary alicyclic amines) is 1. The predicted octanol–water partition coefficient (Wildman–Crippen LogP) is 4.28. The van der Waals surface area contributed by atoms with Gasteiger partial charge < -0.3 is 14.6 Å². The van der Waals surface area contributed by atoms with E-state index in [1.54, 1.807) is 6.92 Å². The smallest absolute Gasteiger partial charge is 0.291 e. The summed E-state index contributed by atoms with van der Waals surface area (Å²) in [6, 6.07) is 17.8. The Balaban J connectivity index is 1.54. The Hall–Kier alpha value is -3.41. The fourth-order valence-electron chi connectivity index (χ4n) is 5.33. The van der Waals surface area contributed by atoms with Crippen LogP contribution in [-0.2, 0) is 23.1 Å². The van der Waals surface area contributed by atoms with Gasteiger partial charge in [0.2, 0.25) is 11.7 Å². The number of aromatic nitrogens is 1. The molecule has 0 radical (unpaired) electrons. The molecular formula is C26H27N3O3. The topological polar surface area (TPSA) is 75.4 Å². The third-order valence-electron chi connectivity index (χ3n) is 6.90. The number of rotatable bonds is 5. The van der Waals surface area contributed by atoms with E-state index in [0.29, 0.717) is 37.4 Å². The van der Waals surface area contributed by atoms with Crippen molar-refractivity contribution in [2.75, 3.05) is 11.9 Å². The number of anilines is 1. The minimum atomic E-state index is -0.747. The zero-order chi connectivity index (χ0) is 22.3. The Labute approximate surface area is 187 Å². The molecule has 2 aliphatic rings. The lowest BCUT2D eigenvalue weighted by atomic mass is 9.73. The van der Waals surface area contributed by atoms with Crippen molar-refractivity contribution in [3.63, 3.8) is 0 Å². The molecule has 1 spiro atoms. The lowest BCUT2D eigenvalue weighted by molar-refractivity contribution is -0.121. The normalized spacial score (nSPS) is 21.8. The number of aryl methyl sites for hydroxylation is 3. The first kappa shape index (κ1) is 20.5. The highest BCUT2D eigenvalue weighted by molar-refractivity contribution is 6.08. The lowest BCUT2D eigenvalue weighted by Crippen LogP contribution is -2.49. The SMILES string of the molecule is CCc1nc(C)c(C(=O)N2CC[C@]3(C(=O)Nc4ccccc43)[C@@H]2CCc2ccccc2)o1. The van der Waals surface area contributed by atoms with Gasteiger partial charge in [-0.2, -0.15) is 0 Å². The molecule has 1 fully saturated rings. The average molecular weight is 430 g/mol. The molecule has 32 heavy (non-hydrogen) atoms. The summed E-state index contributed by atoms with van der Waals surface area (Å²) in [6.07, 6.45) is 2.69. The molecule has 1 saturated heterocycles. The van der Waals surface area contributed by atoms with Crippen molar-refractivity contribution in [2.24, 2.45) is 0 Å². The van der Waals surface area contributed by atoms with Crippen molar-refractivity contribution in [2.45, 2.75) is 51.0 Å². The van der Waals surface area contributed by atoms with Crippen molar-refractivity contribution < 1.29 is 14.0 Å². The number of oxazole rings is 1. The summed E-state index contributed by atoms with van der Waals surface area (Å²) < 4.78 is 5.79. The maximum atomic E-state index is 13.6.